The first kappa shape index (κ1) is 13.5. The summed E-state index contributed by atoms with van der Waals surface area (Å²) in [6.45, 7) is 10.2. The van der Waals surface area contributed by atoms with Gasteiger partial charge in [0.15, 0.2) is 0 Å². The molecular formula is C13H25NO2. The third-order valence-corrected chi connectivity index (χ3v) is 3.10. The van der Waals surface area contributed by atoms with E-state index in [-0.39, 0.29) is 11.6 Å². The Bertz CT molecular complexity index is 233. The summed E-state index contributed by atoms with van der Waals surface area (Å²) < 4.78 is 5.31. The summed E-state index contributed by atoms with van der Waals surface area (Å²) in [6, 6.07) is 0. The Labute approximate surface area is 98.9 Å². The average Bonchev–Trinajstić information content (AvgIpc) is 2.14. The molecule has 0 aliphatic carbocycles. The van der Waals surface area contributed by atoms with Crippen LogP contribution in [0.15, 0.2) is 0 Å². The number of carbonyl (C=O) groups excluding carboxylic acids is 1. The highest BCUT2D eigenvalue weighted by molar-refractivity contribution is 5.69. The summed E-state index contributed by atoms with van der Waals surface area (Å²) in [5.74, 6) is 1.29. The second kappa shape index (κ2) is 5.67. The highest BCUT2D eigenvalue weighted by atomic mass is 16.6. The van der Waals surface area contributed by atoms with E-state index in [0.29, 0.717) is 18.3 Å². The van der Waals surface area contributed by atoms with Crippen LogP contribution in [-0.4, -0.2) is 24.7 Å². The van der Waals surface area contributed by atoms with Gasteiger partial charge in [-0.05, 0) is 58.5 Å². The molecule has 1 fully saturated rings. The van der Waals surface area contributed by atoms with Crippen molar-refractivity contribution in [3.63, 3.8) is 0 Å². The van der Waals surface area contributed by atoms with Crippen molar-refractivity contribution < 1.29 is 9.53 Å². The standard InChI is InChI=1S/C13H25NO2/c1-10-9-14-8-7-11(10)5-6-12(15)16-13(2,3)4/h10-11,14H,5-9H2,1-4H3. The van der Waals surface area contributed by atoms with E-state index in [4.69, 9.17) is 4.74 Å². The van der Waals surface area contributed by atoms with E-state index in [9.17, 15) is 4.79 Å². The van der Waals surface area contributed by atoms with Crippen LogP contribution in [-0.2, 0) is 9.53 Å². The highest BCUT2D eigenvalue weighted by Gasteiger charge is 2.23. The SMILES string of the molecule is CC1CNCCC1CCC(=O)OC(C)(C)C. The number of nitrogens with one attached hydrogen (secondary N) is 1. The molecule has 94 valence electrons. The van der Waals surface area contributed by atoms with Crippen molar-refractivity contribution in [1.82, 2.24) is 5.32 Å². The van der Waals surface area contributed by atoms with Crippen molar-refractivity contribution in [2.75, 3.05) is 13.1 Å². The molecule has 1 aliphatic heterocycles. The molecule has 3 nitrogen and oxygen atoms in total. The molecule has 1 heterocycles. The molecule has 2 unspecified atom stereocenters. The molecule has 3 heteroatoms. The molecule has 2 atom stereocenters. The Balaban J connectivity index is 2.25. The zero-order valence-electron chi connectivity index (χ0n) is 11.0. The molecule has 0 aromatic carbocycles. The van der Waals surface area contributed by atoms with E-state index in [1.807, 2.05) is 20.8 Å². The largest absolute Gasteiger partial charge is 0.460 e. The predicted molar refractivity (Wildman–Crippen MR) is 65.2 cm³/mol. The number of hydrogen-bond donors (Lipinski definition) is 1. The van der Waals surface area contributed by atoms with E-state index in [1.165, 1.54) is 6.42 Å². The van der Waals surface area contributed by atoms with Crippen molar-refractivity contribution in [1.29, 1.82) is 0 Å². The molecule has 0 spiro atoms. The maximum atomic E-state index is 11.6. The first-order valence-corrected chi connectivity index (χ1v) is 6.31. The number of rotatable bonds is 3. The van der Waals surface area contributed by atoms with Gasteiger partial charge < -0.3 is 10.1 Å². The van der Waals surface area contributed by atoms with Gasteiger partial charge in [0.05, 0.1) is 0 Å². The molecule has 1 rings (SSSR count). The molecule has 0 bridgehead atoms. The van der Waals surface area contributed by atoms with E-state index >= 15 is 0 Å². The number of carbonyl (C=O) groups is 1. The maximum absolute atomic E-state index is 11.6. The fourth-order valence-electron chi connectivity index (χ4n) is 2.19. The number of piperidine rings is 1. The van der Waals surface area contributed by atoms with Crippen molar-refractivity contribution in [2.24, 2.45) is 11.8 Å². The monoisotopic (exact) mass is 227 g/mol. The smallest absolute Gasteiger partial charge is 0.306 e. The van der Waals surface area contributed by atoms with Gasteiger partial charge in [-0.2, -0.15) is 0 Å². The zero-order valence-corrected chi connectivity index (χ0v) is 11.0. The molecule has 1 saturated heterocycles. The second-order valence-electron chi connectivity index (χ2n) is 5.86. The van der Waals surface area contributed by atoms with Crippen LogP contribution in [0.4, 0.5) is 0 Å². The van der Waals surface area contributed by atoms with Crippen molar-refractivity contribution >= 4 is 5.97 Å². The normalized spacial score (nSPS) is 26.5. The zero-order chi connectivity index (χ0) is 12.2. The molecule has 0 aromatic rings. The topological polar surface area (TPSA) is 38.3 Å². The minimum Gasteiger partial charge on any atom is -0.460 e. The number of ether oxygens (including phenoxy) is 1. The summed E-state index contributed by atoms with van der Waals surface area (Å²) in [5, 5.41) is 3.37. The van der Waals surface area contributed by atoms with Crippen molar-refractivity contribution in [2.45, 2.75) is 52.6 Å². The number of hydrogen-bond acceptors (Lipinski definition) is 3. The van der Waals surface area contributed by atoms with Gasteiger partial charge in [-0.25, -0.2) is 0 Å². The van der Waals surface area contributed by atoms with Gasteiger partial charge in [-0.1, -0.05) is 6.92 Å². The van der Waals surface area contributed by atoms with E-state index in [1.54, 1.807) is 0 Å². The van der Waals surface area contributed by atoms with Gasteiger partial charge in [0.1, 0.15) is 5.60 Å². The molecule has 0 aromatic heterocycles. The minimum absolute atomic E-state index is 0.0572. The molecule has 0 amide bonds. The van der Waals surface area contributed by atoms with Gasteiger partial charge in [0.25, 0.3) is 0 Å². The molecule has 1 aliphatic rings. The Hall–Kier alpha value is -0.570. The predicted octanol–water partition coefficient (Wildman–Crippen LogP) is 2.35. The summed E-state index contributed by atoms with van der Waals surface area (Å²) in [4.78, 5) is 11.6. The van der Waals surface area contributed by atoms with Crippen LogP contribution < -0.4 is 5.32 Å². The minimum atomic E-state index is -0.350. The maximum Gasteiger partial charge on any atom is 0.306 e. The van der Waals surface area contributed by atoms with E-state index in [2.05, 4.69) is 12.2 Å². The van der Waals surface area contributed by atoms with Crippen LogP contribution in [0.5, 0.6) is 0 Å². The van der Waals surface area contributed by atoms with Crippen LogP contribution >= 0.6 is 0 Å². The van der Waals surface area contributed by atoms with Crippen LogP contribution in [0.2, 0.25) is 0 Å². The summed E-state index contributed by atoms with van der Waals surface area (Å²) in [5.41, 5.74) is -0.350. The fraction of sp³-hybridized carbons (Fsp3) is 0.923. The van der Waals surface area contributed by atoms with E-state index in [0.717, 1.165) is 19.5 Å². The molecular weight excluding hydrogens is 202 g/mol. The lowest BCUT2D eigenvalue weighted by atomic mass is 9.84. The van der Waals surface area contributed by atoms with Crippen LogP contribution in [0.25, 0.3) is 0 Å². The summed E-state index contributed by atoms with van der Waals surface area (Å²) >= 11 is 0. The lowest BCUT2D eigenvalue weighted by molar-refractivity contribution is -0.155. The number of esters is 1. The Morgan fingerprint density at radius 2 is 2.12 bits per heavy atom. The third-order valence-electron chi connectivity index (χ3n) is 3.10. The average molecular weight is 227 g/mol. The van der Waals surface area contributed by atoms with Crippen LogP contribution in [0.1, 0.15) is 47.0 Å². The quantitative estimate of drug-likeness (QED) is 0.752. The Kier molecular flexibility index (Phi) is 4.78. The molecule has 0 saturated carbocycles. The van der Waals surface area contributed by atoms with Gasteiger partial charge in [-0.3, -0.25) is 4.79 Å². The Morgan fingerprint density at radius 3 is 2.69 bits per heavy atom. The highest BCUT2D eigenvalue weighted by Crippen LogP contribution is 2.24. The molecule has 0 radical (unpaired) electrons. The van der Waals surface area contributed by atoms with E-state index < -0.39 is 0 Å². The second-order valence-corrected chi connectivity index (χ2v) is 5.86. The third kappa shape index (κ3) is 4.97. The van der Waals surface area contributed by atoms with Gasteiger partial charge in [-0.15, -0.1) is 0 Å². The Morgan fingerprint density at radius 1 is 1.44 bits per heavy atom. The van der Waals surface area contributed by atoms with Crippen LogP contribution in [0, 0.1) is 11.8 Å². The molecule has 16 heavy (non-hydrogen) atoms. The fourth-order valence-corrected chi connectivity index (χ4v) is 2.19. The summed E-state index contributed by atoms with van der Waals surface area (Å²) in [7, 11) is 0. The van der Waals surface area contributed by atoms with Crippen LogP contribution in [0.3, 0.4) is 0 Å². The molecule has 1 N–H and O–H groups in total. The first-order chi connectivity index (χ1) is 7.38. The van der Waals surface area contributed by atoms with Gasteiger partial charge in [0.2, 0.25) is 0 Å². The van der Waals surface area contributed by atoms with Crippen molar-refractivity contribution in [3.05, 3.63) is 0 Å². The first-order valence-electron chi connectivity index (χ1n) is 6.31. The summed E-state index contributed by atoms with van der Waals surface area (Å²) in [6.07, 6.45) is 2.72. The van der Waals surface area contributed by atoms with Crippen molar-refractivity contribution in [3.8, 4) is 0 Å². The lowest BCUT2D eigenvalue weighted by Gasteiger charge is -2.29. The lowest BCUT2D eigenvalue weighted by Crippen LogP contribution is -2.35. The van der Waals surface area contributed by atoms with Gasteiger partial charge in [0, 0.05) is 6.42 Å². The van der Waals surface area contributed by atoms with Gasteiger partial charge >= 0.3 is 5.97 Å².